The van der Waals surface area contributed by atoms with Crippen LogP contribution in [-0.4, -0.2) is 145 Å². The summed E-state index contributed by atoms with van der Waals surface area (Å²) in [6.07, 6.45) is 1.82. The van der Waals surface area contributed by atoms with E-state index >= 15 is 0 Å². The molecular formula is C67H82N4O17Si. The lowest BCUT2D eigenvalue weighted by Gasteiger charge is -2.52. The minimum Gasteiger partial charge on any atom is -0.470 e. The molecule has 0 unspecified atom stereocenters. The third-order valence-electron chi connectivity index (χ3n) is 16.8. The number of aromatic nitrogens is 2. The average molecular weight is 1240 g/mol. The van der Waals surface area contributed by atoms with E-state index in [1.807, 2.05) is 109 Å². The second kappa shape index (κ2) is 28.8. The van der Waals surface area contributed by atoms with Crippen molar-refractivity contribution in [1.29, 1.82) is 0 Å². The first-order valence-electron chi connectivity index (χ1n) is 29.3. The van der Waals surface area contributed by atoms with E-state index in [1.165, 1.54) is 25.0 Å². The molecule has 89 heavy (non-hydrogen) atoms. The minimum atomic E-state index is -2.53. The Morgan fingerprint density at radius 2 is 0.955 bits per heavy atom. The second-order valence-electron chi connectivity index (χ2n) is 24.2. The molecule has 5 aliphatic rings. The van der Waals surface area contributed by atoms with Crippen molar-refractivity contribution in [2.24, 2.45) is 11.8 Å². The fourth-order valence-electron chi connectivity index (χ4n) is 11.2. The number of hydrogen-bond acceptors (Lipinski definition) is 21. The minimum absolute atomic E-state index is 0. The predicted octanol–water partition coefficient (Wildman–Crippen LogP) is 10.6. The van der Waals surface area contributed by atoms with Gasteiger partial charge in [-0.15, -0.1) is 0 Å². The van der Waals surface area contributed by atoms with Crippen LogP contribution >= 0.6 is 0 Å². The Bertz CT molecular complexity index is 3380. The van der Waals surface area contributed by atoms with Gasteiger partial charge in [0.1, 0.15) is 62.0 Å². The van der Waals surface area contributed by atoms with Crippen LogP contribution in [0.4, 0.5) is 9.59 Å². The molecule has 0 spiro atoms. The summed E-state index contributed by atoms with van der Waals surface area (Å²) in [5, 5.41) is 43.3. The summed E-state index contributed by atoms with van der Waals surface area (Å²) in [6.45, 7) is 12.6. The van der Waals surface area contributed by atoms with E-state index in [0.717, 1.165) is 35.5 Å². The molecule has 10 atom stereocenters. The number of aliphatic hydroxyl groups is 3. The van der Waals surface area contributed by atoms with Gasteiger partial charge in [-0.1, -0.05) is 162 Å². The number of ketones is 2. The number of carbonyl (C=O) groups excluding carboxylic acids is 4. The fraction of sp³-hybridized carbons (Fsp3) is 0.433. The molecule has 4 aromatic carbocycles. The van der Waals surface area contributed by atoms with E-state index in [1.54, 1.807) is 62.3 Å². The van der Waals surface area contributed by atoms with Crippen LogP contribution in [-0.2, 0) is 54.5 Å². The smallest absolute Gasteiger partial charge is 0.470 e. The maximum Gasteiger partial charge on any atom is 0.509 e. The predicted molar refractivity (Wildman–Crippen MR) is 329 cm³/mol. The maximum absolute atomic E-state index is 14.6. The zero-order valence-electron chi connectivity index (χ0n) is 51.0. The molecule has 21 nitrogen and oxygen atoms in total. The number of hydrogen-bond donors (Lipinski definition) is 3. The monoisotopic (exact) mass is 1240 g/mol. The Balaban J connectivity index is 0.000000213. The van der Waals surface area contributed by atoms with Crippen molar-refractivity contribution in [2.45, 2.75) is 133 Å². The van der Waals surface area contributed by atoms with Crippen molar-refractivity contribution in [2.75, 3.05) is 41.4 Å². The molecule has 3 heterocycles. The van der Waals surface area contributed by atoms with Gasteiger partial charge in [-0.3, -0.25) is 19.4 Å². The van der Waals surface area contributed by atoms with E-state index < -0.39 is 91.7 Å². The summed E-state index contributed by atoms with van der Waals surface area (Å²) >= 11 is 0. The molecule has 1 saturated heterocycles. The molecule has 1 fully saturated rings. The largest absolute Gasteiger partial charge is 0.509 e. The number of rotatable bonds is 16. The molecule has 22 heteroatoms. The van der Waals surface area contributed by atoms with Crippen LogP contribution in [0.5, 0.6) is 11.8 Å². The molecule has 6 aromatic rings. The zero-order chi connectivity index (χ0) is 63.0. The molecule has 3 N–H and O–H groups in total. The van der Waals surface area contributed by atoms with Gasteiger partial charge in [0.15, 0.2) is 31.0 Å². The van der Waals surface area contributed by atoms with E-state index in [0.29, 0.717) is 0 Å². The standard InChI is InChI=1S/C34H42N2O8Si.C28H28N2O8.C4H8O.CH4/c1-33(2,3)45(6,7)44-25-19-18-24(42-32(38)41-21-23-16-12-9-13-17-23)27-28(36(4)5)29-26(30(37)34(25,27)39)31(35-43-29)40-20-22-14-10-8-11-15-22;1-30(2)23-22-19(37-27(33)36-16-18-11-7-4-8-12-18)13-14-20(31)28(22,34)25(32)21-24(23)38-29-26(21)35-15-17-9-5-3-6-10-17;1-2-4-5-3-1;/h8-19,24-25,27-28,39H,20-21H2,1-7H3;3-14,19-20,22-23,31,34H,15-16H2,1-2H3;1-4H2;1H4/t24-,25+,27-,28-,34+;19-,20+,22-,23-,28+;;/m00../s1. The Labute approximate surface area is 520 Å². The van der Waals surface area contributed by atoms with Gasteiger partial charge >= 0.3 is 12.3 Å². The van der Waals surface area contributed by atoms with Gasteiger partial charge in [0.2, 0.25) is 11.6 Å². The molecule has 1 aliphatic heterocycles. The highest BCUT2D eigenvalue weighted by molar-refractivity contribution is 6.74. The number of ether oxygens (including phenoxy) is 7. The van der Waals surface area contributed by atoms with Crippen LogP contribution in [0.15, 0.2) is 155 Å². The summed E-state index contributed by atoms with van der Waals surface area (Å²) < 4.78 is 56.9. The number of nitrogens with zero attached hydrogens (tertiary/aromatic N) is 4. The first-order chi connectivity index (χ1) is 42.0. The van der Waals surface area contributed by atoms with E-state index in [4.69, 9.17) is 46.6 Å². The fourth-order valence-corrected chi connectivity index (χ4v) is 12.5. The maximum atomic E-state index is 14.6. The summed E-state index contributed by atoms with van der Waals surface area (Å²) in [7, 11) is 4.50. The molecule has 2 aromatic heterocycles. The van der Waals surface area contributed by atoms with Gasteiger partial charge in [-0.25, -0.2) is 9.59 Å². The lowest BCUT2D eigenvalue weighted by Crippen LogP contribution is -2.67. The van der Waals surface area contributed by atoms with Crippen molar-refractivity contribution in [3.63, 3.8) is 0 Å². The second-order valence-corrected chi connectivity index (χ2v) is 29.0. The average Bonchev–Trinajstić information content (AvgIpc) is 1.72. The molecular weight excluding hydrogens is 1160 g/mol. The van der Waals surface area contributed by atoms with Gasteiger partial charge in [0.05, 0.1) is 23.9 Å². The lowest BCUT2D eigenvalue weighted by molar-refractivity contribution is -0.133. The highest BCUT2D eigenvalue weighted by Crippen LogP contribution is 2.54. The van der Waals surface area contributed by atoms with Gasteiger partial charge in [-0.05, 0) is 104 Å². The van der Waals surface area contributed by atoms with Gasteiger partial charge < -0.3 is 61.9 Å². The SMILES string of the molecule is C.C1CCOC1.CN(C)[C@@H]1c2onc(OCc3ccccc3)c2C(=O)[C@]2(O)[C@H]1[C@@H](OC(=O)OCc1ccccc1)C=C[C@H]2O.CN(C)[C@@H]1c2onc(OCc3ccccc3)c2C(=O)[C@]2(O)[C@H]1[C@@H](OC(=O)OCc1ccccc1)C=C[C@H]2O[Si](C)(C)C(C)(C)C. The van der Waals surface area contributed by atoms with Gasteiger partial charge in [0.25, 0.3) is 11.8 Å². The van der Waals surface area contributed by atoms with E-state index in [9.17, 15) is 34.5 Å². The van der Waals surface area contributed by atoms with Crippen molar-refractivity contribution >= 4 is 32.2 Å². The Morgan fingerprint density at radius 3 is 1.33 bits per heavy atom. The van der Waals surface area contributed by atoms with Crippen molar-refractivity contribution < 1.29 is 81.1 Å². The normalized spacial score (nSPS) is 24.9. The van der Waals surface area contributed by atoms with Crippen molar-refractivity contribution in [3.05, 3.63) is 191 Å². The summed E-state index contributed by atoms with van der Waals surface area (Å²) in [4.78, 5) is 57.5. The number of benzene rings is 4. The third-order valence-corrected chi connectivity index (χ3v) is 21.3. The van der Waals surface area contributed by atoms with Crippen LogP contribution in [0, 0.1) is 11.8 Å². The molecule has 4 aliphatic carbocycles. The van der Waals surface area contributed by atoms with E-state index in [2.05, 4.69) is 44.2 Å². The van der Waals surface area contributed by atoms with Gasteiger partial charge in [0, 0.05) is 13.2 Å². The molecule has 11 rings (SSSR count). The topological polar surface area (TPSA) is 261 Å². The molecule has 476 valence electrons. The number of aliphatic hydroxyl groups excluding tert-OH is 1. The molecule has 0 saturated carbocycles. The molecule has 0 bridgehead atoms. The Kier molecular flexibility index (Phi) is 21.7. The van der Waals surface area contributed by atoms with Crippen LogP contribution in [0.3, 0.4) is 0 Å². The quantitative estimate of drug-likeness (QED) is 0.0462. The Morgan fingerprint density at radius 1 is 0.584 bits per heavy atom. The number of carbonyl (C=O) groups is 4. The van der Waals surface area contributed by atoms with Crippen LogP contribution < -0.4 is 9.47 Å². The van der Waals surface area contributed by atoms with E-state index in [-0.39, 0.29) is 73.3 Å². The third kappa shape index (κ3) is 14.6. The van der Waals surface area contributed by atoms with Crippen LogP contribution in [0.1, 0.15) is 108 Å². The first kappa shape index (κ1) is 67.1. The van der Waals surface area contributed by atoms with Crippen LogP contribution in [0.2, 0.25) is 18.1 Å². The summed E-state index contributed by atoms with van der Waals surface area (Å²) in [5.41, 5.74) is -1.24. The zero-order valence-corrected chi connectivity index (χ0v) is 52.0. The highest BCUT2D eigenvalue weighted by Gasteiger charge is 2.67. The number of fused-ring (bicyclic) bond motifs is 4. The van der Waals surface area contributed by atoms with Crippen molar-refractivity contribution in [3.8, 4) is 11.8 Å². The lowest BCUT2D eigenvalue weighted by atomic mass is 9.63. The molecule has 0 amide bonds. The Hall–Kier alpha value is -7.80. The van der Waals surface area contributed by atoms with Crippen LogP contribution in [0.25, 0.3) is 0 Å². The first-order valence-corrected chi connectivity index (χ1v) is 32.2. The van der Waals surface area contributed by atoms with Gasteiger partial charge in [-0.2, -0.15) is 0 Å². The molecule has 0 radical (unpaired) electrons. The van der Waals surface area contributed by atoms with Crippen molar-refractivity contribution in [1.82, 2.24) is 20.1 Å². The summed E-state index contributed by atoms with van der Waals surface area (Å²) in [5.74, 6) is -3.38. The highest BCUT2D eigenvalue weighted by atomic mass is 28.4. The number of Topliss-reactive ketones (excluding diaryl/α,β-unsaturated/α-hetero) is 2. The summed E-state index contributed by atoms with van der Waals surface area (Å²) in [6, 6.07) is 35.5.